The van der Waals surface area contributed by atoms with Crippen LogP contribution in [-0.4, -0.2) is 6.29 Å². The Morgan fingerprint density at radius 1 is 1.29 bits per heavy atom. The van der Waals surface area contributed by atoms with Gasteiger partial charge in [0.1, 0.15) is 0 Å². The predicted molar refractivity (Wildman–Crippen MR) is 59.9 cm³/mol. The van der Waals surface area contributed by atoms with Crippen LogP contribution in [0.5, 0.6) is 0 Å². The van der Waals surface area contributed by atoms with E-state index in [0.717, 1.165) is 23.0 Å². The van der Waals surface area contributed by atoms with Crippen molar-refractivity contribution in [3.63, 3.8) is 0 Å². The van der Waals surface area contributed by atoms with Crippen LogP contribution in [0, 0.1) is 6.92 Å². The molecule has 0 atom stereocenters. The monoisotopic (exact) mass is 202 g/mol. The van der Waals surface area contributed by atoms with Crippen LogP contribution in [0.1, 0.15) is 15.9 Å². The Labute approximate surface area is 87.0 Å². The number of aryl methyl sites for hydroxylation is 1. The van der Waals surface area contributed by atoms with Gasteiger partial charge in [0, 0.05) is 5.56 Å². The summed E-state index contributed by atoms with van der Waals surface area (Å²) in [6, 6.07) is 7.91. The van der Waals surface area contributed by atoms with E-state index in [0.29, 0.717) is 0 Å². The van der Waals surface area contributed by atoms with E-state index in [1.807, 2.05) is 36.6 Å². The molecule has 2 aromatic rings. The summed E-state index contributed by atoms with van der Waals surface area (Å²) in [5, 5.41) is 4.08. The van der Waals surface area contributed by atoms with Crippen molar-refractivity contribution in [3.05, 3.63) is 46.2 Å². The first kappa shape index (κ1) is 9.16. The smallest absolute Gasteiger partial charge is 0.150 e. The number of carbonyl (C=O) groups is 1. The number of benzene rings is 1. The molecule has 0 radical (unpaired) electrons. The van der Waals surface area contributed by atoms with Gasteiger partial charge in [0.15, 0.2) is 6.29 Å². The molecule has 0 saturated heterocycles. The molecule has 1 heterocycles. The van der Waals surface area contributed by atoms with Crippen molar-refractivity contribution >= 4 is 17.6 Å². The molecule has 0 spiro atoms. The standard InChI is InChI=1S/C12H10OS/c1-9-2-3-10(7-13)12(6-9)11-4-5-14-8-11/h2-8H,1H3. The normalized spacial score (nSPS) is 10.1. The highest BCUT2D eigenvalue weighted by Crippen LogP contribution is 2.25. The largest absolute Gasteiger partial charge is 0.298 e. The molecule has 0 N–H and O–H groups in total. The second-order valence-corrected chi connectivity index (χ2v) is 4.00. The average Bonchev–Trinajstić information content (AvgIpc) is 2.70. The van der Waals surface area contributed by atoms with Crippen LogP contribution in [0.3, 0.4) is 0 Å². The van der Waals surface area contributed by atoms with E-state index in [1.165, 1.54) is 5.56 Å². The van der Waals surface area contributed by atoms with Gasteiger partial charge in [-0.05, 0) is 34.9 Å². The topological polar surface area (TPSA) is 17.1 Å². The molecule has 2 rings (SSSR count). The van der Waals surface area contributed by atoms with Crippen LogP contribution in [0.2, 0.25) is 0 Å². The molecule has 0 saturated carbocycles. The van der Waals surface area contributed by atoms with Crippen LogP contribution in [0.15, 0.2) is 35.0 Å². The van der Waals surface area contributed by atoms with E-state index in [-0.39, 0.29) is 0 Å². The summed E-state index contributed by atoms with van der Waals surface area (Å²) in [4.78, 5) is 10.8. The van der Waals surface area contributed by atoms with Gasteiger partial charge in [0.2, 0.25) is 0 Å². The van der Waals surface area contributed by atoms with Crippen LogP contribution >= 0.6 is 11.3 Å². The maximum Gasteiger partial charge on any atom is 0.150 e. The van der Waals surface area contributed by atoms with E-state index in [9.17, 15) is 4.79 Å². The molecule has 0 fully saturated rings. The quantitative estimate of drug-likeness (QED) is 0.681. The van der Waals surface area contributed by atoms with Gasteiger partial charge in [-0.2, -0.15) is 11.3 Å². The Morgan fingerprint density at radius 2 is 2.14 bits per heavy atom. The maximum absolute atomic E-state index is 10.8. The summed E-state index contributed by atoms with van der Waals surface area (Å²) in [5.41, 5.74) is 4.09. The Kier molecular flexibility index (Phi) is 2.46. The van der Waals surface area contributed by atoms with Crippen molar-refractivity contribution in [2.75, 3.05) is 0 Å². The third kappa shape index (κ3) is 1.61. The highest BCUT2D eigenvalue weighted by atomic mass is 32.1. The Bertz CT molecular complexity index is 443. The summed E-state index contributed by atoms with van der Waals surface area (Å²) >= 11 is 1.64. The lowest BCUT2D eigenvalue weighted by molar-refractivity contribution is 0.112. The maximum atomic E-state index is 10.8. The highest BCUT2D eigenvalue weighted by molar-refractivity contribution is 7.08. The number of carbonyl (C=O) groups excluding carboxylic acids is 1. The first-order valence-corrected chi connectivity index (χ1v) is 5.34. The minimum absolute atomic E-state index is 0.758. The van der Waals surface area contributed by atoms with Gasteiger partial charge in [0.25, 0.3) is 0 Å². The fourth-order valence-electron chi connectivity index (χ4n) is 1.44. The number of hydrogen-bond acceptors (Lipinski definition) is 2. The molecule has 0 aliphatic carbocycles. The van der Waals surface area contributed by atoms with Crippen LogP contribution in [0.4, 0.5) is 0 Å². The third-order valence-electron chi connectivity index (χ3n) is 2.17. The lowest BCUT2D eigenvalue weighted by Gasteiger charge is -2.03. The minimum Gasteiger partial charge on any atom is -0.298 e. The van der Waals surface area contributed by atoms with Crippen molar-refractivity contribution in [1.82, 2.24) is 0 Å². The van der Waals surface area contributed by atoms with Crippen molar-refractivity contribution in [3.8, 4) is 11.1 Å². The van der Waals surface area contributed by atoms with E-state index >= 15 is 0 Å². The zero-order valence-corrected chi connectivity index (χ0v) is 8.67. The lowest BCUT2D eigenvalue weighted by atomic mass is 10.0. The van der Waals surface area contributed by atoms with Gasteiger partial charge >= 0.3 is 0 Å². The van der Waals surface area contributed by atoms with Crippen molar-refractivity contribution in [2.24, 2.45) is 0 Å². The molecule has 70 valence electrons. The zero-order chi connectivity index (χ0) is 9.97. The Hall–Kier alpha value is -1.41. The summed E-state index contributed by atoms with van der Waals surface area (Å²) in [6.07, 6.45) is 0.909. The van der Waals surface area contributed by atoms with Gasteiger partial charge in [-0.3, -0.25) is 4.79 Å². The number of rotatable bonds is 2. The van der Waals surface area contributed by atoms with Gasteiger partial charge < -0.3 is 0 Å². The third-order valence-corrected chi connectivity index (χ3v) is 2.85. The number of thiophene rings is 1. The molecule has 1 aromatic carbocycles. The van der Waals surface area contributed by atoms with Gasteiger partial charge in [-0.1, -0.05) is 23.8 Å². The molecule has 0 bridgehead atoms. The van der Waals surface area contributed by atoms with E-state index in [1.54, 1.807) is 11.3 Å². The molecular formula is C12H10OS. The SMILES string of the molecule is Cc1ccc(C=O)c(-c2ccsc2)c1. The van der Waals surface area contributed by atoms with Crippen LogP contribution in [0.25, 0.3) is 11.1 Å². The fourth-order valence-corrected chi connectivity index (χ4v) is 2.10. The molecule has 0 amide bonds. The average molecular weight is 202 g/mol. The first-order valence-electron chi connectivity index (χ1n) is 4.39. The molecule has 14 heavy (non-hydrogen) atoms. The molecule has 0 aliphatic heterocycles. The van der Waals surface area contributed by atoms with Gasteiger partial charge in [0.05, 0.1) is 0 Å². The predicted octanol–water partition coefficient (Wildman–Crippen LogP) is 3.54. The lowest BCUT2D eigenvalue weighted by Crippen LogP contribution is -1.86. The molecule has 1 aromatic heterocycles. The molecular weight excluding hydrogens is 192 g/mol. The van der Waals surface area contributed by atoms with Crippen LogP contribution < -0.4 is 0 Å². The molecule has 0 aliphatic rings. The first-order chi connectivity index (χ1) is 6.81. The second kappa shape index (κ2) is 3.76. The van der Waals surface area contributed by atoms with E-state index < -0.39 is 0 Å². The van der Waals surface area contributed by atoms with Gasteiger partial charge in [-0.25, -0.2) is 0 Å². The highest BCUT2D eigenvalue weighted by Gasteiger charge is 2.04. The summed E-state index contributed by atoms with van der Waals surface area (Å²) in [7, 11) is 0. The van der Waals surface area contributed by atoms with Crippen molar-refractivity contribution in [2.45, 2.75) is 6.92 Å². The number of aldehydes is 1. The van der Waals surface area contributed by atoms with Crippen LogP contribution in [-0.2, 0) is 0 Å². The summed E-state index contributed by atoms with van der Waals surface area (Å²) in [5.74, 6) is 0. The fraction of sp³-hybridized carbons (Fsp3) is 0.0833. The summed E-state index contributed by atoms with van der Waals surface area (Å²) < 4.78 is 0. The molecule has 1 nitrogen and oxygen atoms in total. The Balaban J connectivity index is 2.61. The second-order valence-electron chi connectivity index (χ2n) is 3.22. The summed E-state index contributed by atoms with van der Waals surface area (Å²) in [6.45, 7) is 2.03. The molecule has 2 heteroatoms. The van der Waals surface area contributed by atoms with Crippen molar-refractivity contribution < 1.29 is 4.79 Å². The van der Waals surface area contributed by atoms with Gasteiger partial charge in [-0.15, -0.1) is 0 Å². The van der Waals surface area contributed by atoms with Crippen molar-refractivity contribution in [1.29, 1.82) is 0 Å². The Morgan fingerprint density at radius 3 is 2.79 bits per heavy atom. The minimum atomic E-state index is 0.758. The zero-order valence-electron chi connectivity index (χ0n) is 7.86. The number of hydrogen-bond donors (Lipinski definition) is 0. The molecule has 0 unspecified atom stereocenters. The van der Waals surface area contributed by atoms with E-state index in [4.69, 9.17) is 0 Å². The van der Waals surface area contributed by atoms with E-state index in [2.05, 4.69) is 5.38 Å².